The number of rotatable bonds is 6. The first-order chi connectivity index (χ1) is 5.91. The van der Waals surface area contributed by atoms with Crippen molar-refractivity contribution in [3.05, 3.63) is 5.92 Å². The second kappa shape index (κ2) is 8.71. The Morgan fingerprint density at radius 3 is 1.00 bits per heavy atom. The van der Waals surface area contributed by atoms with Gasteiger partial charge < -0.3 is 14.7 Å². The van der Waals surface area contributed by atoms with Crippen molar-refractivity contribution < 1.29 is 0 Å². The van der Waals surface area contributed by atoms with Gasteiger partial charge in [-0.15, -0.1) is 0 Å². The molecule has 0 N–H and O–H groups in total. The molecule has 1 radical (unpaired) electrons. The molecule has 0 spiro atoms. The van der Waals surface area contributed by atoms with E-state index < -0.39 is 0 Å². The van der Waals surface area contributed by atoms with Crippen LogP contribution in [0, 0.1) is 5.92 Å². The molecule has 0 bridgehead atoms. The first-order valence-corrected chi connectivity index (χ1v) is 4.69. The van der Waals surface area contributed by atoms with Crippen molar-refractivity contribution in [2.75, 3.05) is 61.9 Å². The van der Waals surface area contributed by atoms with Gasteiger partial charge in [0, 0.05) is 25.6 Å². The van der Waals surface area contributed by atoms with Gasteiger partial charge in [0.2, 0.25) is 0 Å². The summed E-state index contributed by atoms with van der Waals surface area (Å²) in [6.45, 7) is 3.24. The Balaban J connectivity index is 0. The van der Waals surface area contributed by atoms with E-state index >= 15 is 0 Å². The summed E-state index contributed by atoms with van der Waals surface area (Å²) in [5.41, 5.74) is 0. The molecule has 3 nitrogen and oxygen atoms in total. The topological polar surface area (TPSA) is 9.72 Å². The Morgan fingerprint density at radius 2 is 0.857 bits per heavy atom. The summed E-state index contributed by atoms with van der Waals surface area (Å²) in [5.74, 6) is 1.56. The quantitative estimate of drug-likeness (QED) is 0.557. The molecule has 0 unspecified atom stereocenters. The van der Waals surface area contributed by atoms with E-state index in [0.717, 1.165) is 19.6 Å². The van der Waals surface area contributed by atoms with Crippen LogP contribution < -0.4 is 0 Å². The zero-order valence-electron chi connectivity index (χ0n) is 9.96. The number of hydrogen-bond donors (Lipinski definition) is 0. The average Bonchev–Trinajstić information content (AvgIpc) is 1.80. The van der Waals surface area contributed by atoms with Crippen molar-refractivity contribution in [3.63, 3.8) is 0 Å². The van der Waals surface area contributed by atoms with Crippen LogP contribution in [-0.4, -0.2) is 94.2 Å². The molecule has 0 atom stereocenters. The van der Waals surface area contributed by atoms with Gasteiger partial charge in [0.1, 0.15) is 0 Å². The van der Waals surface area contributed by atoms with Crippen molar-refractivity contribution in [2.24, 2.45) is 0 Å². The van der Waals surface area contributed by atoms with Gasteiger partial charge in [-0.3, -0.25) is 0 Å². The standard InChI is InChI=1S/C10H24N3.GeH4/c1-11(2)7-10(8-12(3)4)9-13(5)6;/h7-9H2,1-6H3;1H4. The van der Waals surface area contributed by atoms with Crippen molar-refractivity contribution in [1.82, 2.24) is 14.7 Å². The Morgan fingerprint density at radius 1 is 0.643 bits per heavy atom. The normalized spacial score (nSPS) is 11.6. The molecule has 0 amide bonds. The molecular weight excluding hydrogens is 235 g/mol. The molecule has 0 aromatic carbocycles. The predicted octanol–water partition coefficient (Wildman–Crippen LogP) is -1.21. The molecule has 0 saturated carbocycles. The maximum atomic E-state index is 2.22. The summed E-state index contributed by atoms with van der Waals surface area (Å²) in [7, 11) is 12.7. The summed E-state index contributed by atoms with van der Waals surface area (Å²) in [6.07, 6.45) is 0. The summed E-state index contributed by atoms with van der Waals surface area (Å²) in [5, 5.41) is 0. The molecular formula is C10H28GeN3. The second-order valence-electron chi connectivity index (χ2n) is 4.46. The summed E-state index contributed by atoms with van der Waals surface area (Å²) in [4.78, 5) is 6.67. The van der Waals surface area contributed by atoms with E-state index in [1.165, 1.54) is 0 Å². The monoisotopic (exact) mass is 264 g/mol. The minimum atomic E-state index is 0. The molecule has 14 heavy (non-hydrogen) atoms. The summed E-state index contributed by atoms with van der Waals surface area (Å²) >= 11 is 0. The van der Waals surface area contributed by atoms with Crippen molar-refractivity contribution in [2.45, 2.75) is 0 Å². The molecule has 0 fully saturated rings. The second-order valence-corrected chi connectivity index (χ2v) is 4.46. The Kier molecular flexibility index (Phi) is 10.5. The van der Waals surface area contributed by atoms with E-state index in [-0.39, 0.29) is 17.6 Å². The van der Waals surface area contributed by atoms with E-state index in [1.807, 2.05) is 0 Å². The summed E-state index contributed by atoms with van der Waals surface area (Å²) in [6, 6.07) is 0. The van der Waals surface area contributed by atoms with E-state index in [9.17, 15) is 0 Å². The van der Waals surface area contributed by atoms with Crippen LogP contribution in [0.15, 0.2) is 0 Å². The molecule has 0 saturated heterocycles. The van der Waals surface area contributed by atoms with Crippen molar-refractivity contribution in [3.8, 4) is 0 Å². The summed E-state index contributed by atoms with van der Waals surface area (Å²) < 4.78 is 0. The van der Waals surface area contributed by atoms with Crippen molar-refractivity contribution >= 4 is 17.6 Å². The Hall–Kier alpha value is 0.423. The van der Waals surface area contributed by atoms with Crippen LogP contribution >= 0.6 is 0 Å². The number of nitrogens with zero attached hydrogens (tertiary/aromatic N) is 3. The van der Waals surface area contributed by atoms with E-state index in [1.54, 1.807) is 5.92 Å². The molecule has 4 heteroatoms. The van der Waals surface area contributed by atoms with E-state index in [0.29, 0.717) is 0 Å². The van der Waals surface area contributed by atoms with Gasteiger partial charge in [-0.25, -0.2) is 0 Å². The van der Waals surface area contributed by atoms with Gasteiger partial charge >= 0.3 is 17.6 Å². The molecule has 0 aliphatic carbocycles. The van der Waals surface area contributed by atoms with Crippen LogP contribution in [0.5, 0.6) is 0 Å². The fourth-order valence-corrected chi connectivity index (χ4v) is 1.49. The van der Waals surface area contributed by atoms with Crippen LogP contribution in [0.25, 0.3) is 0 Å². The van der Waals surface area contributed by atoms with Crippen LogP contribution in [-0.2, 0) is 0 Å². The molecule has 0 aliphatic heterocycles. The fraction of sp³-hybridized carbons (Fsp3) is 0.900. The maximum absolute atomic E-state index is 2.22. The first-order valence-electron chi connectivity index (χ1n) is 4.69. The van der Waals surface area contributed by atoms with Crippen LogP contribution in [0.3, 0.4) is 0 Å². The van der Waals surface area contributed by atoms with Gasteiger partial charge in [0.15, 0.2) is 0 Å². The first kappa shape index (κ1) is 16.8. The zero-order valence-corrected chi connectivity index (χ0v) is 9.96. The molecule has 0 aromatic rings. The number of hydrogen-bond acceptors (Lipinski definition) is 3. The Labute approximate surface area is 100 Å². The molecule has 87 valence electrons. The predicted molar refractivity (Wildman–Crippen MR) is 70.2 cm³/mol. The van der Waals surface area contributed by atoms with Gasteiger partial charge in [0.25, 0.3) is 0 Å². The SMILES string of the molecule is CN(C)C[C](CN(C)C)CN(C)C.[GeH4]. The minimum absolute atomic E-state index is 0. The van der Waals surface area contributed by atoms with Gasteiger partial charge in [-0.05, 0) is 42.3 Å². The molecule has 0 heterocycles. The third-order valence-corrected chi connectivity index (χ3v) is 1.62. The molecule has 0 rings (SSSR count). The Bertz CT molecular complexity index is 103. The average molecular weight is 263 g/mol. The van der Waals surface area contributed by atoms with Crippen LogP contribution in [0.1, 0.15) is 0 Å². The van der Waals surface area contributed by atoms with Crippen molar-refractivity contribution in [1.29, 1.82) is 0 Å². The molecule has 0 aliphatic rings. The van der Waals surface area contributed by atoms with E-state index in [2.05, 4.69) is 57.0 Å². The zero-order chi connectivity index (χ0) is 10.4. The van der Waals surface area contributed by atoms with Gasteiger partial charge in [-0.2, -0.15) is 0 Å². The fourth-order valence-electron chi connectivity index (χ4n) is 1.49. The van der Waals surface area contributed by atoms with Gasteiger partial charge in [-0.1, -0.05) is 0 Å². The third-order valence-electron chi connectivity index (χ3n) is 1.62. The third kappa shape index (κ3) is 10.5. The molecule has 0 aromatic heterocycles. The van der Waals surface area contributed by atoms with Crippen LogP contribution in [0.2, 0.25) is 0 Å². The van der Waals surface area contributed by atoms with E-state index in [4.69, 9.17) is 0 Å². The van der Waals surface area contributed by atoms with Crippen LogP contribution in [0.4, 0.5) is 0 Å². The van der Waals surface area contributed by atoms with Gasteiger partial charge in [0.05, 0.1) is 0 Å².